The first-order chi connectivity index (χ1) is 8.42. The number of hydrogen-bond donors (Lipinski definition) is 1. The molecule has 0 fully saturated rings. The van der Waals surface area contributed by atoms with Gasteiger partial charge in [0.1, 0.15) is 6.04 Å². The molecule has 1 aromatic carbocycles. The van der Waals surface area contributed by atoms with Gasteiger partial charge in [-0.15, -0.1) is 0 Å². The minimum atomic E-state index is -0.751. The molecule has 3 heteroatoms. The van der Waals surface area contributed by atoms with E-state index < -0.39 is 12.0 Å². The van der Waals surface area contributed by atoms with Crippen LogP contribution in [0.15, 0.2) is 12.1 Å². The predicted molar refractivity (Wildman–Crippen MR) is 75.4 cm³/mol. The topological polar surface area (TPSA) is 40.5 Å². The molecule has 0 aromatic heterocycles. The van der Waals surface area contributed by atoms with Crippen LogP contribution in [0.4, 0.5) is 5.69 Å². The molecule has 0 aliphatic heterocycles. The van der Waals surface area contributed by atoms with Crippen molar-refractivity contribution < 1.29 is 9.90 Å². The van der Waals surface area contributed by atoms with Crippen molar-refractivity contribution in [2.24, 2.45) is 0 Å². The Labute approximate surface area is 109 Å². The molecule has 0 amide bonds. The van der Waals surface area contributed by atoms with Crippen LogP contribution in [0.2, 0.25) is 0 Å². The van der Waals surface area contributed by atoms with Gasteiger partial charge in [0, 0.05) is 12.2 Å². The van der Waals surface area contributed by atoms with Crippen molar-refractivity contribution in [3.63, 3.8) is 0 Å². The molecule has 1 N–H and O–H groups in total. The number of anilines is 1. The van der Waals surface area contributed by atoms with E-state index in [1.807, 2.05) is 32.6 Å². The molecule has 18 heavy (non-hydrogen) atoms. The Kier molecular flexibility index (Phi) is 4.76. The SMILES string of the molecule is CCC(C(=O)O)N(CC)c1c(C)cc(C)cc1C. The average molecular weight is 249 g/mol. The average Bonchev–Trinajstić information content (AvgIpc) is 2.25. The lowest BCUT2D eigenvalue weighted by atomic mass is 10.0. The van der Waals surface area contributed by atoms with Crippen molar-refractivity contribution in [2.45, 2.75) is 47.1 Å². The normalized spacial score (nSPS) is 12.3. The minimum Gasteiger partial charge on any atom is -0.480 e. The van der Waals surface area contributed by atoms with Crippen LogP contribution in [0.1, 0.15) is 37.0 Å². The molecule has 1 aromatic rings. The first-order valence-corrected chi connectivity index (χ1v) is 6.49. The zero-order chi connectivity index (χ0) is 13.9. The number of aliphatic carboxylic acids is 1. The van der Waals surface area contributed by atoms with Crippen molar-refractivity contribution in [3.8, 4) is 0 Å². The van der Waals surface area contributed by atoms with Gasteiger partial charge in [0.15, 0.2) is 0 Å². The van der Waals surface area contributed by atoms with Crippen LogP contribution in [0, 0.1) is 20.8 Å². The summed E-state index contributed by atoms with van der Waals surface area (Å²) in [4.78, 5) is 13.3. The van der Waals surface area contributed by atoms with E-state index in [2.05, 4.69) is 19.1 Å². The van der Waals surface area contributed by atoms with Gasteiger partial charge in [0.25, 0.3) is 0 Å². The van der Waals surface area contributed by atoms with Crippen LogP contribution in [0.25, 0.3) is 0 Å². The molecule has 0 radical (unpaired) electrons. The monoisotopic (exact) mass is 249 g/mol. The summed E-state index contributed by atoms with van der Waals surface area (Å²) in [5.74, 6) is -0.751. The molecular weight excluding hydrogens is 226 g/mol. The van der Waals surface area contributed by atoms with E-state index in [4.69, 9.17) is 0 Å². The lowest BCUT2D eigenvalue weighted by Crippen LogP contribution is -2.41. The van der Waals surface area contributed by atoms with Gasteiger partial charge in [0.05, 0.1) is 0 Å². The molecule has 0 aliphatic rings. The molecule has 100 valence electrons. The van der Waals surface area contributed by atoms with Gasteiger partial charge in [0.2, 0.25) is 0 Å². The maximum Gasteiger partial charge on any atom is 0.326 e. The van der Waals surface area contributed by atoms with Gasteiger partial charge in [-0.2, -0.15) is 0 Å². The number of likely N-dealkylation sites (N-methyl/N-ethyl adjacent to an activating group) is 1. The van der Waals surface area contributed by atoms with Crippen LogP contribution < -0.4 is 4.90 Å². The van der Waals surface area contributed by atoms with Crippen LogP contribution in [0.5, 0.6) is 0 Å². The quantitative estimate of drug-likeness (QED) is 0.870. The highest BCUT2D eigenvalue weighted by atomic mass is 16.4. The fourth-order valence-electron chi connectivity index (χ4n) is 2.69. The van der Waals surface area contributed by atoms with Gasteiger partial charge < -0.3 is 10.0 Å². The third kappa shape index (κ3) is 2.84. The molecular formula is C15H23NO2. The van der Waals surface area contributed by atoms with E-state index in [0.29, 0.717) is 13.0 Å². The highest BCUT2D eigenvalue weighted by Crippen LogP contribution is 2.28. The van der Waals surface area contributed by atoms with Crippen molar-refractivity contribution >= 4 is 11.7 Å². The fourth-order valence-corrected chi connectivity index (χ4v) is 2.69. The largest absolute Gasteiger partial charge is 0.480 e. The first kappa shape index (κ1) is 14.6. The fraction of sp³-hybridized carbons (Fsp3) is 0.533. The second-order valence-electron chi connectivity index (χ2n) is 4.80. The molecule has 0 saturated carbocycles. The van der Waals surface area contributed by atoms with Crippen molar-refractivity contribution in [3.05, 3.63) is 28.8 Å². The van der Waals surface area contributed by atoms with E-state index >= 15 is 0 Å². The third-order valence-corrected chi connectivity index (χ3v) is 3.31. The van der Waals surface area contributed by atoms with E-state index in [1.54, 1.807) is 0 Å². The summed E-state index contributed by atoms with van der Waals surface area (Å²) < 4.78 is 0. The number of carboxylic acids is 1. The maximum atomic E-state index is 11.4. The number of carbonyl (C=O) groups is 1. The third-order valence-electron chi connectivity index (χ3n) is 3.31. The maximum absolute atomic E-state index is 11.4. The summed E-state index contributed by atoms with van der Waals surface area (Å²) in [6, 6.07) is 3.77. The Bertz CT molecular complexity index is 417. The van der Waals surface area contributed by atoms with Crippen LogP contribution in [0.3, 0.4) is 0 Å². The van der Waals surface area contributed by atoms with Crippen molar-refractivity contribution in [1.29, 1.82) is 0 Å². The van der Waals surface area contributed by atoms with Gasteiger partial charge in [-0.3, -0.25) is 0 Å². The summed E-state index contributed by atoms with van der Waals surface area (Å²) in [7, 11) is 0. The molecule has 0 saturated heterocycles. The van der Waals surface area contributed by atoms with Crippen LogP contribution in [-0.4, -0.2) is 23.7 Å². The van der Waals surface area contributed by atoms with E-state index in [9.17, 15) is 9.90 Å². The zero-order valence-electron chi connectivity index (χ0n) is 11.9. The number of rotatable bonds is 5. The Morgan fingerprint density at radius 3 is 2.06 bits per heavy atom. The molecule has 1 rings (SSSR count). The van der Waals surface area contributed by atoms with Crippen molar-refractivity contribution in [2.75, 3.05) is 11.4 Å². The van der Waals surface area contributed by atoms with Gasteiger partial charge in [-0.25, -0.2) is 4.79 Å². The standard InChI is InChI=1S/C15H23NO2/c1-6-13(15(17)18)16(7-2)14-11(4)8-10(3)9-12(14)5/h8-9,13H,6-7H2,1-5H3,(H,17,18). The Hall–Kier alpha value is -1.51. The van der Waals surface area contributed by atoms with E-state index in [1.165, 1.54) is 5.56 Å². The predicted octanol–water partition coefficient (Wildman–Crippen LogP) is 3.30. The smallest absolute Gasteiger partial charge is 0.326 e. The van der Waals surface area contributed by atoms with E-state index in [0.717, 1.165) is 16.8 Å². The summed E-state index contributed by atoms with van der Waals surface area (Å²) in [6.07, 6.45) is 0.607. The lowest BCUT2D eigenvalue weighted by Gasteiger charge is -2.32. The number of nitrogens with zero attached hydrogens (tertiary/aromatic N) is 1. The Balaban J connectivity index is 3.28. The molecule has 1 atom stereocenters. The Morgan fingerprint density at radius 2 is 1.72 bits per heavy atom. The van der Waals surface area contributed by atoms with Gasteiger partial charge in [-0.1, -0.05) is 24.6 Å². The zero-order valence-corrected chi connectivity index (χ0v) is 11.9. The summed E-state index contributed by atoms with van der Waals surface area (Å²) in [6.45, 7) is 10.8. The molecule has 3 nitrogen and oxygen atoms in total. The second-order valence-corrected chi connectivity index (χ2v) is 4.80. The molecule has 0 spiro atoms. The lowest BCUT2D eigenvalue weighted by molar-refractivity contribution is -0.138. The Morgan fingerprint density at radius 1 is 1.22 bits per heavy atom. The molecule has 0 bridgehead atoms. The summed E-state index contributed by atoms with van der Waals surface area (Å²) >= 11 is 0. The highest BCUT2D eigenvalue weighted by Gasteiger charge is 2.25. The van der Waals surface area contributed by atoms with Gasteiger partial charge >= 0.3 is 5.97 Å². The minimum absolute atomic E-state index is 0.449. The molecule has 0 aliphatic carbocycles. The number of carboxylic acid groups (broad SMARTS) is 1. The number of aryl methyl sites for hydroxylation is 3. The second kappa shape index (κ2) is 5.89. The molecule has 0 heterocycles. The van der Waals surface area contributed by atoms with E-state index in [-0.39, 0.29) is 0 Å². The number of hydrogen-bond acceptors (Lipinski definition) is 2. The van der Waals surface area contributed by atoms with Crippen molar-refractivity contribution in [1.82, 2.24) is 0 Å². The van der Waals surface area contributed by atoms with Crippen LogP contribution in [-0.2, 0) is 4.79 Å². The highest BCUT2D eigenvalue weighted by molar-refractivity contribution is 5.79. The summed E-state index contributed by atoms with van der Waals surface area (Å²) in [5.41, 5.74) is 4.58. The number of benzene rings is 1. The first-order valence-electron chi connectivity index (χ1n) is 6.49. The molecule has 1 unspecified atom stereocenters. The van der Waals surface area contributed by atoms with Crippen LogP contribution >= 0.6 is 0 Å². The van der Waals surface area contributed by atoms with Gasteiger partial charge in [-0.05, 0) is 45.2 Å². The summed E-state index contributed by atoms with van der Waals surface area (Å²) in [5, 5.41) is 9.33.